The average molecular weight is 245 g/mol. The molecule has 1 heterocycles. The first kappa shape index (κ1) is 12.2. The summed E-state index contributed by atoms with van der Waals surface area (Å²) in [6, 6.07) is 5.26. The minimum atomic E-state index is 0.125. The van der Waals surface area contributed by atoms with Crippen LogP contribution in [0.2, 0.25) is 0 Å². The second kappa shape index (κ2) is 5.36. The molecular formula is C12H15N5O. The summed E-state index contributed by atoms with van der Waals surface area (Å²) in [7, 11) is 0. The number of carbonyl (C=O) groups excluding carboxylic acids is 1. The maximum atomic E-state index is 11.3. The molecule has 0 atom stereocenters. The highest BCUT2D eigenvalue weighted by Crippen LogP contribution is 2.28. The lowest BCUT2D eigenvalue weighted by molar-refractivity contribution is -0.122. The maximum absolute atomic E-state index is 11.3. The Labute approximate surface area is 105 Å². The van der Waals surface area contributed by atoms with Gasteiger partial charge in [0.25, 0.3) is 0 Å². The van der Waals surface area contributed by atoms with Crippen LogP contribution >= 0.6 is 0 Å². The molecule has 1 saturated carbocycles. The van der Waals surface area contributed by atoms with Crippen LogP contribution < -0.4 is 16.4 Å². The van der Waals surface area contributed by atoms with Gasteiger partial charge in [-0.3, -0.25) is 4.79 Å². The number of amides is 1. The van der Waals surface area contributed by atoms with Gasteiger partial charge in [0.15, 0.2) is 5.69 Å². The minimum Gasteiger partial charge on any atom is -0.396 e. The van der Waals surface area contributed by atoms with Crippen LogP contribution in [0.15, 0.2) is 12.1 Å². The molecule has 6 nitrogen and oxygen atoms in total. The van der Waals surface area contributed by atoms with Crippen LogP contribution in [0, 0.1) is 17.2 Å². The fourth-order valence-corrected chi connectivity index (χ4v) is 1.52. The summed E-state index contributed by atoms with van der Waals surface area (Å²) >= 11 is 0. The largest absolute Gasteiger partial charge is 0.396 e. The number of rotatable bonds is 5. The van der Waals surface area contributed by atoms with Crippen molar-refractivity contribution in [3.8, 4) is 6.07 Å². The summed E-state index contributed by atoms with van der Waals surface area (Å²) in [5, 5.41) is 14.6. The summed E-state index contributed by atoms with van der Waals surface area (Å²) in [5.41, 5.74) is 6.14. The molecule has 1 fully saturated rings. The number of hydrogen-bond acceptors (Lipinski definition) is 5. The van der Waals surface area contributed by atoms with Gasteiger partial charge in [-0.2, -0.15) is 5.26 Å². The third-order valence-corrected chi connectivity index (χ3v) is 2.71. The lowest BCUT2D eigenvalue weighted by Gasteiger charge is -2.07. The highest BCUT2D eigenvalue weighted by Gasteiger charge is 2.28. The summed E-state index contributed by atoms with van der Waals surface area (Å²) < 4.78 is 0. The molecule has 0 radical (unpaired) electrons. The van der Waals surface area contributed by atoms with E-state index in [1.807, 2.05) is 6.07 Å². The molecule has 0 unspecified atom stereocenters. The van der Waals surface area contributed by atoms with Gasteiger partial charge < -0.3 is 16.4 Å². The summed E-state index contributed by atoms with van der Waals surface area (Å²) in [6.07, 6.45) is 2.01. The summed E-state index contributed by atoms with van der Waals surface area (Å²) in [5.74, 6) is 0.936. The topological polar surface area (TPSA) is 104 Å². The predicted molar refractivity (Wildman–Crippen MR) is 67.6 cm³/mol. The lowest BCUT2D eigenvalue weighted by atomic mass is 10.3. The Morgan fingerprint density at radius 1 is 1.50 bits per heavy atom. The number of pyridine rings is 1. The molecule has 94 valence electrons. The molecule has 1 aliphatic rings. The van der Waals surface area contributed by atoms with Crippen LogP contribution in [0.25, 0.3) is 0 Å². The quantitative estimate of drug-likeness (QED) is 0.654. The number of carbonyl (C=O) groups is 1. The Bertz CT molecular complexity index is 490. The van der Waals surface area contributed by atoms with Gasteiger partial charge in [0.1, 0.15) is 11.9 Å². The van der Waals surface area contributed by atoms with Gasteiger partial charge in [0.05, 0.1) is 5.69 Å². The minimum absolute atomic E-state index is 0.125. The fourth-order valence-electron chi connectivity index (χ4n) is 1.52. The molecule has 0 aromatic carbocycles. The summed E-state index contributed by atoms with van der Waals surface area (Å²) in [4.78, 5) is 15.4. The number of nitrogens with two attached hydrogens (primary N) is 1. The standard InChI is InChI=1S/C12H15N5O/c13-7-10-9(14)3-4-11(17-10)15-5-6-16-12(18)8-1-2-8/h3-4,8H,1-2,5-6,14H2,(H,15,17)(H,16,18). The van der Waals surface area contributed by atoms with E-state index >= 15 is 0 Å². The number of aromatic nitrogens is 1. The van der Waals surface area contributed by atoms with Gasteiger partial charge in [0.2, 0.25) is 5.91 Å². The van der Waals surface area contributed by atoms with Gasteiger partial charge in [-0.25, -0.2) is 4.98 Å². The molecule has 1 aliphatic carbocycles. The average Bonchev–Trinajstić information content (AvgIpc) is 3.20. The lowest BCUT2D eigenvalue weighted by Crippen LogP contribution is -2.29. The first-order valence-corrected chi connectivity index (χ1v) is 5.89. The van der Waals surface area contributed by atoms with Crippen LogP contribution in [0.1, 0.15) is 18.5 Å². The van der Waals surface area contributed by atoms with Crippen molar-refractivity contribution in [2.24, 2.45) is 5.92 Å². The second-order valence-electron chi connectivity index (χ2n) is 4.24. The van der Waals surface area contributed by atoms with Gasteiger partial charge in [0, 0.05) is 19.0 Å². The van der Waals surface area contributed by atoms with E-state index in [9.17, 15) is 4.79 Å². The third kappa shape index (κ3) is 3.10. The second-order valence-corrected chi connectivity index (χ2v) is 4.24. The Kier molecular flexibility index (Phi) is 3.63. The molecule has 1 aromatic rings. The number of nitriles is 1. The van der Waals surface area contributed by atoms with E-state index in [2.05, 4.69) is 15.6 Å². The Morgan fingerprint density at radius 3 is 2.94 bits per heavy atom. The molecule has 6 heteroatoms. The zero-order valence-corrected chi connectivity index (χ0v) is 9.94. The van der Waals surface area contributed by atoms with E-state index in [1.165, 1.54) is 0 Å². The van der Waals surface area contributed by atoms with E-state index in [-0.39, 0.29) is 17.5 Å². The molecule has 4 N–H and O–H groups in total. The highest BCUT2D eigenvalue weighted by atomic mass is 16.2. The molecule has 0 aliphatic heterocycles. The fraction of sp³-hybridized carbons (Fsp3) is 0.417. The Morgan fingerprint density at radius 2 is 2.28 bits per heavy atom. The van der Waals surface area contributed by atoms with E-state index in [4.69, 9.17) is 11.0 Å². The molecular weight excluding hydrogens is 230 g/mol. The summed E-state index contributed by atoms with van der Waals surface area (Å²) in [6.45, 7) is 1.11. The molecule has 0 spiro atoms. The molecule has 0 saturated heterocycles. The van der Waals surface area contributed by atoms with Crippen LogP contribution in [-0.2, 0) is 4.79 Å². The van der Waals surface area contributed by atoms with Crippen molar-refractivity contribution in [2.75, 3.05) is 24.1 Å². The van der Waals surface area contributed by atoms with Gasteiger partial charge in [-0.05, 0) is 25.0 Å². The zero-order valence-electron chi connectivity index (χ0n) is 9.94. The maximum Gasteiger partial charge on any atom is 0.223 e. The van der Waals surface area contributed by atoms with E-state index < -0.39 is 0 Å². The van der Waals surface area contributed by atoms with Crippen molar-refractivity contribution in [1.82, 2.24) is 10.3 Å². The molecule has 18 heavy (non-hydrogen) atoms. The van der Waals surface area contributed by atoms with Crippen molar-refractivity contribution in [3.63, 3.8) is 0 Å². The molecule has 1 aromatic heterocycles. The molecule has 0 bridgehead atoms. The SMILES string of the molecule is N#Cc1nc(NCCNC(=O)C2CC2)ccc1N. The van der Waals surface area contributed by atoms with Crippen molar-refractivity contribution in [2.45, 2.75) is 12.8 Å². The Balaban J connectivity index is 1.76. The first-order chi connectivity index (χ1) is 8.70. The Hall–Kier alpha value is -2.29. The van der Waals surface area contributed by atoms with Crippen LogP contribution in [0.4, 0.5) is 11.5 Å². The first-order valence-electron chi connectivity index (χ1n) is 5.89. The number of hydrogen-bond donors (Lipinski definition) is 3. The van der Waals surface area contributed by atoms with Crippen LogP contribution in [0.5, 0.6) is 0 Å². The van der Waals surface area contributed by atoms with Crippen molar-refractivity contribution < 1.29 is 4.79 Å². The van der Waals surface area contributed by atoms with Crippen LogP contribution in [-0.4, -0.2) is 24.0 Å². The number of anilines is 2. The zero-order chi connectivity index (χ0) is 13.0. The van der Waals surface area contributed by atoms with Crippen LogP contribution in [0.3, 0.4) is 0 Å². The van der Waals surface area contributed by atoms with E-state index in [1.54, 1.807) is 12.1 Å². The smallest absolute Gasteiger partial charge is 0.223 e. The van der Waals surface area contributed by atoms with Gasteiger partial charge in [-0.1, -0.05) is 0 Å². The van der Waals surface area contributed by atoms with Crippen molar-refractivity contribution in [3.05, 3.63) is 17.8 Å². The van der Waals surface area contributed by atoms with E-state index in [0.717, 1.165) is 12.8 Å². The molecule has 2 rings (SSSR count). The molecule has 1 amide bonds. The van der Waals surface area contributed by atoms with E-state index in [0.29, 0.717) is 24.6 Å². The van der Waals surface area contributed by atoms with Crippen molar-refractivity contribution >= 4 is 17.4 Å². The van der Waals surface area contributed by atoms with Gasteiger partial charge in [-0.15, -0.1) is 0 Å². The number of nitrogens with one attached hydrogen (secondary N) is 2. The third-order valence-electron chi connectivity index (χ3n) is 2.71. The number of nitrogens with zero attached hydrogens (tertiary/aromatic N) is 2. The number of nitrogen functional groups attached to an aromatic ring is 1. The van der Waals surface area contributed by atoms with Crippen molar-refractivity contribution in [1.29, 1.82) is 5.26 Å². The predicted octanol–water partition coefficient (Wildman–Crippen LogP) is 0.474. The normalized spacial score (nSPS) is 13.7. The monoisotopic (exact) mass is 245 g/mol. The van der Waals surface area contributed by atoms with Gasteiger partial charge >= 0.3 is 0 Å². The highest BCUT2D eigenvalue weighted by molar-refractivity contribution is 5.80.